The average molecular weight is 229 g/mol. The maximum absolute atomic E-state index is 2.83. The van der Waals surface area contributed by atoms with Gasteiger partial charge in [-0.05, 0) is 31.2 Å². The van der Waals surface area contributed by atoms with E-state index in [1.807, 2.05) is 0 Å². The van der Waals surface area contributed by atoms with Crippen LogP contribution >= 0.6 is 0 Å². The Kier molecular flexibility index (Phi) is 8.44. The summed E-state index contributed by atoms with van der Waals surface area (Å²) in [5.41, 5.74) is 0. The number of nitrogens with zero attached hydrogens (tertiary/aromatic N) is 1. The largest absolute Gasteiger partial charge is 0.324 e. The van der Waals surface area contributed by atoms with E-state index in [-0.39, 0.29) is 0 Å². The highest BCUT2D eigenvalue weighted by Crippen LogP contribution is 2.28. The van der Waals surface area contributed by atoms with Crippen LogP contribution in [0.4, 0.5) is 0 Å². The Morgan fingerprint density at radius 3 is 1.73 bits per heavy atom. The quantitative estimate of drug-likeness (QED) is 0.526. The molecule has 0 amide bonds. The highest BCUT2D eigenvalue weighted by molar-refractivity contribution is 6.77. The first kappa shape index (κ1) is 15.2. The number of hydrogen-bond acceptors (Lipinski definition) is 1. The van der Waals surface area contributed by atoms with Gasteiger partial charge in [-0.25, -0.2) is 0 Å². The molecule has 1 nitrogen and oxygen atoms in total. The van der Waals surface area contributed by atoms with Crippen molar-refractivity contribution in [3.05, 3.63) is 0 Å². The van der Waals surface area contributed by atoms with Gasteiger partial charge in [0, 0.05) is 0 Å². The van der Waals surface area contributed by atoms with Gasteiger partial charge in [0.05, 0.1) is 0 Å². The molecule has 0 rings (SSSR count). The van der Waals surface area contributed by atoms with E-state index in [9.17, 15) is 0 Å². The van der Waals surface area contributed by atoms with E-state index in [1.165, 1.54) is 50.5 Å². The average Bonchev–Trinajstić information content (AvgIpc) is 2.27. The molecule has 92 valence electrons. The van der Waals surface area contributed by atoms with Crippen LogP contribution in [0.2, 0.25) is 18.1 Å². The van der Waals surface area contributed by atoms with Crippen molar-refractivity contribution >= 4 is 8.24 Å². The Morgan fingerprint density at radius 1 is 0.800 bits per heavy atom. The van der Waals surface area contributed by atoms with Gasteiger partial charge in [0.2, 0.25) is 0 Å². The van der Waals surface area contributed by atoms with Crippen LogP contribution in [0, 0.1) is 0 Å². The summed E-state index contributed by atoms with van der Waals surface area (Å²) in [7, 11) is -1.09. The second kappa shape index (κ2) is 8.34. The lowest BCUT2D eigenvalue weighted by Gasteiger charge is -2.41. The molecule has 0 aromatic heterocycles. The Hall–Kier alpha value is 0.177. The minimum Gasteiger partial charge on any atom is -0.324 e. The monoisotopic (exact) mass is 229 g/mol. The van der Waals surface area contributed by atoms with Gasteiger partial charge in [-0.2, -0.15) is 0 Å². The summed E-state index contributed by atoms with van der Waals surface area (Å²) in [5.74, 6) is 0. The van der Waals surface area contributed by atoms with Gasteiger partial charge < -0.3 is 4.57 Å². The van der Waals surface area contributed by atoms with Crippen molar-refractivity contribution in [1.29, 1.82) is 0 Å². The van der Waals surface area contributed by atoms with Crippen molar-refractivity contribution in [2.24, 2.45) is 0 Å². The van der Waals surface area contributed by atoms with Crippen LogP contribution in [0.1, 0.15) is 53.9 Å². The second-order valence-electron chi connectivity index (χ2n) is 4.60. The molecule has 0 aliphatic heterocycles. The molecule has 0 saturated heterocycles. The second-order valence-corrected chi connectivity index (χ2v) is 9.39. The fourth-order valence-electron chi connectivity index (χ4n) is 2.88. The lowest BCUT2D eigenvalue weighted by Crippen LogP contribution is -2.52. The van der Waals surface area contributed by atoms with Gasteiger partial charge in [-0.15, -0.1) is 0 Å². The lowest BCUT2D eigenvalue weighted by atomic mass is 10.4. The summed E-state index contributed by atoms with van der Waals surface area (Å²) in [6.07, 6.45) is 4.18. The molecular weight excluding hydrogens is 198 g/mol. The predicted molar refractivity (Wildman–Crippen MR) is 74.0 cm³/mol. The van der Waals surface area contributed by atoms with Crippen LogP contribution in [0.5, 0.6) is 0 Å². The van der Waals surface area contributed by atoms with Gasteiger partial charge >= 0.3 is 0 Å². The van der Waals surface area contributed by atoms with Crippen LogP contribution in [0.25, 0.3) is 0 Å². The molecule has 1 atom stereocenters. The van der Waals surface area contributed by atoms with Crippen LogP contribution in [-0.4, -0.2) is 25.9 Å². The molecule has 0 aromatic carbocycles. The SMILES string of the molecule is CCCC[Si](CC)(CCC)N(CC)CC. The fourth-order valence-corrected chi connectivity index (χ4v) is 8.20. The predicted octanol–water partition coefficient (Wildman–Crippen LogP) is 4.50. The minimum absolute atomic E-state index is 1.09. The molecule has 2 heteroatoms. The van der Waals surface area contributed by atoms with Crippen molar-refractivity contribution in [1.82, 2.24) is 4.57 Å². The summed E-state index contributed by atoms with van der Waals surface area (Å²) in [4.78, 5) is 0. The molecule has 0 aromatic rings. The Balaban J connectivity index is 4.59. The smallest absolute Gasteiger partial charge is 0.128 e. The maximum Gasteiger partial charge on any atom is 0.128 e. The van der Waals surface area contributed by atoms with E-state index in [0.29, 0.717) is 0 Å². The van der Waals surface area contributed by atoms with Crippen molar-refractivity contribution in [3.63, 3.8) is 0 Å². The van der Waals surface area contributed by atoms with Crippen molar-refractivity contribution in [3.8, 4) is 0 Å². The Bertz CT molecular complexity index is 145. The number of unbranched alkanes of at least 4 members (excludes halogenated alkanes) is 1. The highest BCUT2D eigenvalue weighted by Gasteiger charge is 2.34. The van der Waals surface area contributed by atoms with Gasteiger partial charge in [-0.1, -0.05) is 53.9 Å². The van der Waals surface area contributed by atoms with Crippen LogP contribution in [0.3, 0.4) is 0 Å². The molecule has 0 aliphatic rings. The zero-order valence-corrected chi connectivity index (χ0v) is 12.6. The van der Waals surface area contributed by atoms with Crippen molar-refractivity contribution < 1.29 is 0 Å². The third-order valence-corrected chi connectivity index (χ3v) is 9.81. The van der Waals surface area contributed by atoms with E-state index >= 15 is 0 Å². The third-order valence-electron chi connectivity index (χ3n) is 3.80. The minimum atomic E-state index is -1.09. The summed E-state index contributed by atoms with van der Waals surface area (Å²) in [6, 6.07) is 4.48. The summed E-state index contributed by atoms with van der Waals surface area (Å²) in [5, 5.41) is 0. The van der Waals surface area contributed by atoms with Gasteiger partial charge in [0.15, 0.2) is 0 Å². The topological polar surface area (TPSA) is 3.24 Å². The Labute approximate surface area is 98.3 Å². The molecule has 0 spiro atoms. The molecule has 0 N–H and O–H groups in total. The summed E-state index contributed by atoms with van der Waals surface area (Å²) in [6.45, 7) is 14.3. The molecule has 15 heavy (non-hydrogen) atoms. The van der Waals surface area contributed by atoms with E-state index in [1.54, 1.807) is 0 Å². The zero-order chi connectivity index (χ0) is 11.7. The Morgan fingerprint density at radius 2 is 1.40 bits per heavy atom. The number of hydrogen-bond donors (Lipinski definition) is 0. The molecule has 0 aliphatic carbocycles. The fraction of sp³-hybridized carbons (Fsp3) is 1.00. The standard InChI is InChI=1S/C13H31NSi/c1-6-11-13-15(10-5,12-7-2)14(8-3)9-4/h6-13H2,1-5H3. The first-order valence-electron chi connectivity index (χ1n) is 6.95. The maximum atomic E-state index is 2.83. The highest BCUT2D eigenvalue weighted by atomic mass is 28.3. The van der Waals surface area contributed by atoms with Crippen molar-refractivity contribution in [2.45, 2.75) is 72.0 Å². The molecular formula is C13H31NSi. The van der Waals surface area contributed by atoms with Crippen LogP contribution in [0.15, 0.2) is 0 Å². The normalized spacial score (nSPS) is 15.6. The molecule has 0 heterocycles. The number of rotatable bonds is 9. The zero-order valence-electron chi connectivity index (χ0n) is 11.6. The third kappa shape index (κ3) is 4.27. The van der Waals surface area contributed by atoms with Gasteiger partial charge in [0.1, 0.15) is 8.24 Å². The summed E-state index contributed by atoms with van der Waals surface area (Å²) >= 11 is 0. The molecule has 0 bridgehead atoms. The molecule has 1 unspecified atom stereocenters. The first-order valence-corrected chi connectivity index (χ1v) is 9.52. The lowest BCUT2D eigenvalue weighted by molar-refractivity contribution is 0.450. The van der Waals surface area contributed by atoms with E-state index in [4.69, 9.17) is 0 Å². The molecule has 0 saturated carbocycles. The van der Waals surface area contributed by atoms with E-state index < -0.39 is 8.24 Å². The molecule has 0 fully saturated rings. The van der Waals surface area contributed by atoms with Gasteiger partial charge in [0.25, 0.3) is 0 Å². The first-order chi connectivity index (χ1) is 7.20. The van der Waals surface area contributed by atoms with Crippen LogP contribution in [-0.2, 0) is 0 Å². The van der Waals surface area contributed by atoms with Gasteiger partial charge in [-0.3, -0.25) is 0 Å². The van der Waals surface area contributed by atoms with E-state index in [0.717, 1.165) is 0 Å². The summed E-state index contributed by atoms with van der Waals surface area (Å²) < 4.78 is 2.83. The molecule has 0 radical (unpaired) electrons. The van der Waals surface area contributed by atoms with Crippen molar-refractivity contribution in [2.75, 3.05) is 13.1 Å². The van der Waals surface area contributed by atoms with E-state index in [2.05, 4.69) is 39.2 Å². The van der Waals surface area contributed by atoms with Crippen LogP contribution < -0.4 is 0 Å².